The molecule has 1 aromatic carbocycles. The van der Waals surface area contributed by atoms with Gasteiger partial charge in [-0.15, -0.1) is 41.1 Å². The van der Waals surface area contributed by atoms with Crippen molar-refractivity contribution in [3.63, 3.8) is 0 Å². The zero-order chi connectivity index (χ0) is 27.2. The molecule has 1 fully saturated rings. The van der Waals surface area contributed by atoms with E-state index in [0.29, 0.717) is 32.5 Å². The Morgan fingerprint density at radius 3 is 2.54 bits per heavy atom. The lowest BCUT2D eigenvalue weighted by Gasteiger charge is -2.38. The van der Waals surface area contributed by atoms with Crippen LogP contribution in [0.4, 0.5) is 10.7 Å². The summed E-state index contributed by atoms with van der Waals surface area (Å²) in [5.41, 5.74) is 5.79. The van der Waals surface area contributed by atoms with Crippen LogP contribution in [0.25, 0.3) is 20.7 Å². The number of carboxylic acids is 1. The van der Waals surface area contributed by atoms with E-state index in [1.807, 2.05) is 12.1 Å². The molecule has 2 amide bonds. The molecule has 11 nitrogen and oxygen atoms in total. The number of benzene rings is 1. The van der Waals surface area contributed by atoms with Crippen molar-refractivity contribution in [2.45, 2.75) is 26.2 Å². The Morgan fingerprint density at radius 1 is 1.31 bits per heavy atom. The number of urea groups is 1. The number of nitroso groups, excluding NO2 is 1. The summed E-state index contributed by atoms with van der Waals surface area (Å²) in [6, 6.07) is 6.27. The Hall–Kier alpha value is -2.77. The number of nitrogens with one attached hydrogen (secondary N) is 1. The third-order valence-corrected chi connectivity index (χ3v) is 7.80. The van der Waals surface area contributed by atoms with Gasteiger partial charge in [0, 0.05) is 23.7 Å². The second kappa shape index (κ2) is 15.1. The minimum absolute atomic E-state index is 0. The maximum atomic E-state index is 11.5. The summed E-state index contributed by atoms with van der Waals surface area (Å²) in [5.74, 6) is -0.398. The van der Waals surface area contributed by atoms with Crippen LogP contribution < -0.4 is 11.1 Å². The third kappa shape index (κ3) is 9.14. The average Bonchev–Trinajstić information content (AvgIpc) is 3.31. The Bertz CT molecular complexity index is 1290. The number of carbonyl (C=O) groups excluding carboxylic acids is 1. The number of rotatable bonds is 7. The van der Waals surface area contributed by atoms with Crippen molar-refractivity contribution in [2.75, 3.05) is 39.0 Å². The Kier molecular flexibility index (Phi) is 13.3. The number of aromatic carboxylic acids is 1. The van der Waals surface area contributed by atoms with Crippen LogP contribution >= 0.6 is 47.8 Å². The summed E-state index contributed by atoms with van der Waals surface area (Å²) in [6.45, 7) is 5.44. The number of halogens is 3. The van der Waals surface area contributed by atoms with Gasteiger partial charge in [0.05, 0.1) is 26.9 Å². The van der Waals surface area contributed by atoms with Gasteiger partial charge in [0.25, 0.3) is 0 Å². The highest BCUT2D eigenvalue weighted by Crippen LogP contribution is 2.38. The molecular formula is C24H32Cl3N7O4S. The van der Waals surface area contributed by atoms with E-state index < -0.39 is 12.0 Å². The van der Waals surface area contributed by atoms with Crippen LogP contribution in [-0.2, 0) is 0 Å². The molecule has 0 spiro atoms. The molecular weight excluding hydrogens is 589 g/mol. The van der Waals surface area contributed by atoms with Crippen molar-refractivity contribution in [1.82, 2.24) is 19.9 Å². The number of piperidine rings is 1. The lowest BCUT2D eigenvalue weighted by Crippen LogP contribution is -2.37. The fourth-order valence-corrected chi connectivity index (χ4v) is 5.25. The predicted molar refractivity (Wildman–Crippen MR) is 160 cm³/mol. The summed E-state index contributed by atoms with van der Waals surface area (Å²) < 4.78 is 0.893. The van der Waals surface area contributed by atoms with Crippen LogP contribution in [0.1, 0.15) is 36.5 Å². The summed E-state index contributed by atoms with van der Waals surface area (Å²) >= 11 is 7.87. The molecule has 0 bridgehead atoms. The van der Waals surface area contributed by atoms with Crippen LogP contribution in [0.2, 0.25) is 5.02 Å². The highest BCUT2D eigenvalue weighted by atomic mass is 35.5. The molecule has 15 heteroatoms. The molecule has 4 rings (SSSR count). The van der Waals surface area contributed by atoms with Crippen LogP contribution in [0, 0.1) is 10.3 Å². The first-order valence-electron chi connectivity index (χ1n) is 11.6. The van der Waals surface area contributed by atoms with Gasteiger partial charge in [-0.25, -0.2) is 19.6 Å². The van der Waals surface area contributed by atoms with E-state index >= 15 is 0 Å². The number of anilines is 1. The zero-order valence-electron chi connectivity index (χ0n) is 21.7. The number of carboxylic acid groups (broad SMARTS) is 1. The highest BCUT2D eigenvalue weighted by molar-refractivity contribution is 7.22. The molecule has 2 aromatic heterocycles. The topological polar surface area (TPSA) is 154 Å². The molecule has 0 unspecified atom stereocenters. The monoisotopic (exact) mass is 619 g/mol. The standard InChI is InChI=1S/C22H25ClN4O2S.C2H5N3O2.2ClH/c1-22(7-10-27(2)11-8-22)6-9-24-21-25-13-16(23)19(26-21)18-12-15-14(20(28)29)4-3-5-17(15)30-18;1-5(4-7)2(3)6;;/h3-5,12-13H,6-11H2,1-2H3,(H,28,29)(H,24,25,26);1H3,(H2,3,6);2*1H. The summed E-state index contributed by atoms with van der Waals surface area (Å²) in [7, 11) is 3.35. The first-order chi connectivity index (χ1) is 17.5. The van der Waals surface area contributed by atoms with Crippen molar-refractivity contribution >= 4 is 75.8 Å². The van der Waals surface area contributed by atoms with Gasteiger partial charge in [0.15, 0.2) is 0 Å². The van der Waals surface area contributed by atoms with E-state index in [1.165, 1.54) is 31.2 Å². The SMILES string of the molecule is CN(N=O)C(N)=O.CN1CCC(C)(CCNc2ncc(Cl)c(-c3cc4c(C(=O)O)cccc4s3)n2)CC1.Cl.Cl. The fraction of sp³-hybridized carbons (Fsp3) is 0.417. The first-order valence-corrected chi connectivity index (χ1v) is 12.8. The number of aromatic nitrogens is 2. The zero-order valence-corrected chi connectivity index (χ0v) is 24.9. The van der Waals surface area contributed by atoms with Gasteiger partial charge in [-0.2, -0.15) is 5.01 Å². The van der Waals surface area contributed by atoms with Gasteiger partial charge in [-0.05, 0) is 63.0 Å². The van der Waals surface area contributed by atoms with Crippen LogP contribution in [0.3, 0.4) is 0 Å². The Morgan fingerprint density at radius 2 is 1.97 bits per heavy atom. The lowest BCUT2D eigenvalue weighted by molar-refractivity contribution is 0.0699. The molecule has 1 aliphatic heterocycles. The van der Waals surface area contributed by atoms with E-state index in [0.717, 1.165) is 35.6 Å². The number of thiophene rings is 1. The molecule has 214 valence electrons. The molecule has 3 heterocycles. The normalized spacial score (nSPS) is 14.2. The number of nitrogens with zero attached hydrogens (tertiary/aromatic N) is 5. The molecule has 0 atom stereocenters. The van der Waals surface area contributed by atoms with Crippen LogP contribution in [0.15, 0.2) is 35.7 Å². The van der Waals surface area contributed by atoms with E-state index in [2.05, 4.69) is 45.2 Å². The first kappa shape index (κ1) is 34.3. The number of amides is 2. The number of primary amides is 1. The molecule has 39 heavy (non-hydrogen) atoms. The fourth-order valence-electron chi connectivity index (χ4n) is 3.91. The van der Waals surface area contributed by atoms with Gasteiger partial charge in [-0.1, -0.05) is 24.6 Å². The predicted octanol–water partition coefficient (Wildman–Crippen LogP) is 5.77. The molecule has 1 aliphatic rings. The van der Waals surface area contributed by atoms with Gasteiger partial charge in [0.2, 0.25) is 5.95 Å². The van der Waals surface area contributed by atoms with Crippen molar-refractivity contribution in [3.8, 4) is 10.6 Å². The molecule has 1 saturated heterocycles. The van der Waals surface area contributed by atoms with Gasteiger partial charge in [0.1, 0.15) is 5.69 Å². The Balaban J connectivity index is 0.000000752. The van der Waals surface area contributed by atoms with Crippen LogP contribution in [-0.4, -0.2) is 70.7 Å². The summed E-state index contributed by atoms with van der Waals surface area (Å²) in [4.78, 5) is 42.8. The average molecular weight is 621 g/mol. The highest BCUT2D eigenvalue weighted by Gasteiger charge is 2.28. The minimum Gasteiger partial charge on any atom is -0.478 e. The van der Waals surface area contributed by atoms with Crippen molar-refractivity contribution in [1.29, 1.82) is 0 Å². The van der Waals surface area contributed by atoms with E-state index in [1.54, 1.807) is 18.3 Å². The molecule has 3 aromatic rings. The van der Waals surface area contributed by atoms with Gasteiger partial charge < -0.3 is 21.1 Å². The second-order valence-electron chi connectivity index (χ2n) is 9.26. The van der Waals surface area contributed by atoms with Gasteiger partial charge >= 0.3 is 12.0 Å². The number of likely N-dealkylation sites (tertiary alicyclic amines) is 1. The molecule has 0 radical (unpaired) electrons. The molecule has 0 saturated carbocycles. The minimum atomic E-state index is -0.941. The van der Waals surface area contributed by atoms with Crippen molar-refractivity contribution in [2.24, 2.45) is 16.4 Å². The van der Waals surface area contributed by atoms with Crippen molar-refractivity contribution < 1.29 is 14.7 Å². The smallest absolute Gasteiger partial charge is 0.337 e. The van der Waals surface area contributed by atoms with Crippen LogP contribution in [0.5, 0.6) is 0 Å². The summed E-state index contributed by atoms with van der Waals surface area (Å²) in [6.07, 6.45) is 5.07. The Labute approximate surface area is 247 Å². The molecule has 0 aliphatic carbocycles. The summed E-state index contributed by atoms with van der Waals surface area (Å²) in [5, 5.41) is 16.6. The van der Waals surface area contributed by atoms with Gasteiger partial charge in [-0.3, -0.25) is 0 Å². The maximum Gasteiger partial charge on any atom is 0.337 e. The number of nitrogens with two attached hydrogens (primary N) is 1. The number of hydrogen-bond donors (Lipinski definition) is 3. The third-order valence-electron chi connectivity index (χ3n) is 6.42. The number of carbonyl (C=O) groups is 2. The van der Waals surface area contributed by atoms with E-state index in [-0.39, 0.29) is 30.4 Å². The second-order valence-corrected chi connectivity index (χ2v) is 10.7. The van der Waals surface area contributed by atoms with Crippen molar-refractivity contribution in [3.05, 3.63) is 46.0 Å². The van der Waals surface area contributed by atoms with E-state index in [4.69, 9.17) is 11.6 Å². The largest absolute Gasteiger partial charge is 0.478 e. The quantitative estimate of drug-likeness (QED) is 0.222. The molecule has 4 N–H and O–H groups in total. The number of hydrogen-bond acceptors (Lipinski definition) is 9. The number of fused-ring (bicyclic) bond motifs is 1. The van der Waals surface area contributed by atoms with E-state index in [9.17, 15) is 19.6 Å². The lowest BCUT2D eigenvalue weighted by atomic mass is 9.78. The maximum absolute atomic E-state index is 11.5.